The molecule has 3 aromatic rings. The molecule has 2 aromatic carbocycles. The van der Waals surface area contributed by atoms with Crippen molar-refractivity contribution in [1.82, 2.24) is 15.3 Å². The zero-order valence-corrected chi connectivity index (χ0v) is 16.5. The van der Waals surface area contributed by atoms with E-state index in [1.54, 1.807) is 13.2 Å². The molecule has 0 radical (unpaired) electrons. The third-order valence-electron chi connectivity index (χ3n) is 4.43. The van der Waals surface area contributed by atoms with Crippen LogP contribution in [0.15, 0.2) is 54.7 Å². The summed E-state index contributed by atoms with van der Waals surface area (Å²) in [4.78, 5) is 21.2. The van der Waals surface area contributed by atoms with Gasteiger partial charge in [0.1, 0.15) is 10.8 Å². The van der Waals surface area contributed by atoms with Gasteiger partial charge in [-0.15, -0.1) is 0 Å². The van der Waals surface area contributed by atoms with Crippen LogP contribution in [0, 0.1) is 0 Å². The molecule has 148 valence electrons. The van der Waals surface area contributed by atoms with Crippen LogP contribution in [0.4, 0.5) is 23.1 Å². The highest BCUT2D eigenvalue weighted by molar-refractivity contribution is 6.33. The topological polar surface area (TPSA) is 88.2 Å². The molecule has 1 heterocycles. The van der Waals surface area contributed by atoms with Gasteiger partial charge in [0.15, 0.2) is 5.82 Å². The van der Waals surface area contributed by atoms with Crippen molar-refractivity contribution < 1.29 is 9.53 Å². The first-order valence-corrected chi connectivity index (χ1v) is 9.61. The molecule has 0 aliphatic heterocycles. The molecule has 1 aromatic heterocycles. The van der Waals surface area contributed by atoms with Gasteiger partial charge in [0.05, 0.1) is 24.6 Å². The van der Waals surface area contributed by atoms with Crippen LogP contribution in [0.2, 0.25) is 5.02 Å². The second-order valence-corrected chi connectivity index (χ2v) is 7.07. The number of benzene rings is 2. The summed E-state index contributed by atoms with van der Waals surface area (Å²) in [5.41, 5.74) is 1.98. The van der Waals surface area contributed by atoms with E-state index in [0.717, 1.165) is 24.3 Å². The molecule has 1 amide bonds. The maximum absolute atomic E-state index is 12.5. The number of hydrogen-bond acceptors (Lipinski definition) is 6. The highest BCUT2D eigenvalue weighted by Crippen LogP contribution is 2.28. The van der Waals surface area contributed by atoms with Crippen LogP contribution in [0.5, 0.6) is 5.75 Å². The largest absolute Gasteiger partial charge is 0.497 e. The molecule has 0 saturated heterocycles. The second kappa shape index (κ2) is 8.36. The molecule has 3 N–H and O–H groups in total. The van der Waals surface area contributed by atoms with Gasteiger partial charge in [0.2, 0.25) is 5.95 Å². The fourth-order valence-electron chi connectivity index (χ4n) is 2.73. The molecule has 0 bridgehead atoms. The van der Waals surface area contributed by atoms with Crippen molar-refractivity contribution in [2.75, 3.05) is 17.7 Å². The number of halogens is 1. The second-order valence-electron chi connectivity index (χ2n) is 6.66. The minimum atomic E-state index is -0.114. The standard InChI is InChI=1S/C21H20ClN5O2/c1-29-15-10-8-14(9-11-15)25-21-23-12-17(22)19(27-21)26-18-5-3-2-4-16(18)20(28)24-13-6-7-13/h2-5,8-13H,6-7H2,1H3,(H,24,28)(H2,23,25,26,27). The summed E-state index contributed by atoms with van der Waals surface area (Å²) in [6.07, 6.45) is 3.56. The Labute approximate surface area is 173 Å². The Morgan fingerprint density at radius 2 is 1.86 bits per heavy atom. The molecule has 0 unspecified atom stereocenters. The van der Waals surface area contributed by atoms with Gasteiger partial charge in [-0.3, -0.25) is 4.79 Å². The third kappa shape index (κ3) is 4.75. The van der Waals surface area contributed by atoms with Crippen LogP contribution in [0.3, 0.4) is 0 Å². The van der Waals surface area contributed by atoms with Gasteiger partial charge >= 0.3 is 0 Å². The lowest BCUT2D eigenvalue weighted by atomic mass is 10.1. The molecule has 0 atom stereocenters. The first-order valence-electron chi connectivity index (χ1n) is 9.23. The summed E-state index contributed by atoms with van der Waals surface area (Å²) in [5, 5.41) is 9.63. The average Bonchev–Trinajstić information content (AvgIpc) is 3.55. The average molecular weight is 410 g/mol. The molecule has 29 heavy (non-hydrogen) atoms. The Hall–Kier alpha value is -3.32. The van der Waals surface area contributed by atoms with E-state index in [0.29, 0.717) is 28.0 Å². The Morgan fingerprint density at radius 3 is 2.59 bits per heavy atom. The lowest BCUT2D eigenvalue weighted by Crippen LogP contribution is -2.26. The van der Waals surface area contributed by atoms with Gasteiger partial charge in [0, 0.05) is 11.7 Å². The first-order chi connectivity index (χ1) is 14.1. The van der Waals surface area contributed by atoms with E-state index in [9.17, 15) is 4.79 Å². The number of hydrogen-bond donors (Lipinski definition) is 3. The molecule has 0 spiro atoms. The van der Waals surface area contributed by atoms with Gasteiger partial charge < -0.3 is 20.7 Å². The van der Waals surface area contributed by atoms with Crippen LogP contribution in [-0.2, 0) is 0 Å². The highest BCUT2D eigenvalue weighted by Gasteiger charge is 2.25. The number of methoxy groups -OCH3 is 1. The number of amides is 1. The fourth-order valence-corrected chi connectivity index (χ4v) is 2.87. The number of anilines is 4. The zero-order chi connectivity index (χ0) is 20.2. The number of nitrogens with zero attached hydrogens (tertiary/aromatic N) is 2. The number of carbonyl (C=O) groups is 1. The van der Waals surface area contributed by atoms with E-state index in [2.05, 4.69) is 25.9 Å². The van der Waals surface area contributed by atoms with E-state index in [1.165, 1.54) is 6.20 Å². The number of ether oxygens (including phenoxy) is 1. The van der Waals surface area contributed by atoms with Crippen molar-refractivity contribution in [3.8, 4) is 5.75 Å². The predicted molar refractivity (Wildman–Crippen MR) is 114 cm³/mol. The van der Waals surface area contributed by atoms with Crippen molar-refractivity contribution in [2.24, 2.45) is 0 Å². The zero-order valence-electron chi connectivity index (χ0n) is 15.8. The summed E-state index contributed by atoms with van der Waals surface area (Å²) in [5.74, 6) is 1.43. The van der Waals surface area contributed by atoms with Gasteiger partial charge in [-0.05, 0) is 49.2 Å². The lowest BCUT2D eigenvalue weighted by Gasteiger charge is -2.13. The number of rotatable bonds is 7. The molecule has 7 nitrogen and oxygen atoms in total. The van der Waals surface area contributed by atoms with Crippen molar-refractivity contribution in [3.05, 3.63) is 65.3 Å². The Bertz CT molecular complexity index is 1020. The minimum Gasteiger partial charge on any atom is -0.497 e. The fraction of sp³-hybridized carbons (Fsp3) is 0.190. The SMILES string of the molecule is COc1ccc(Nc2ncc(Cl)c(Nc3ccccc3C(=O)NC3CC3)n2)cc1. The van der Waals surface area contributed by atoms with E-state index in [-0.39, 0.29) is 11.9 Å². The van der Waals surface area contributed by atoms with Gasteiger partial charge in [-0.2, -0.15) is 4.98 Å². The van der Waals surface area contributed by atoms with Crippen LogP contribution in [-0.4, -0.2) is 29.0 Å². The molecular formula is C21H20ClN5O2. The molecule has 4 rings (SSSR count). The van der Waals surface area contributed by atoms with Gasteiger partial charge in [-0.1, -0.05) is 23.7 Å². The lowest BCUT2D eigenvalue weighted by molar-refractivity contribution is 0.0952. The number of nitrogens with one attached hydrogen (secondary N) is 3. The molecule has 1 fully saturated rings. The van der Waals surface area contributed by atoms with Gasteiger partial charge in [-0.25, -0.2) is 4.98 Å². The quantitative estimate of drug-likeness (QED) is 0.531. The molecular weight excluding hydrogens is 390 g/mol. The van der Waals surface area contributed by atoms with Crippen LogP contribution >= 0.6 is 11.6 Å². The molecule has 1 saturated carbocycles. The van der Waals surface area contributed by atoms with Crippen molar-refractivity contribution in [2.45, 2.75) is 18.9 Å². The summed E-state index contributed by atoms with van der Waals surface area (Å²) in [6.45, 7) is 0. The van der Waals surface area contributed by atoms with E-state index in [4.69, 9.17) is 16.3 Å². The number of para-hydroxylation sites is 1. The summed E-state index contributed by atoms with van der Waals surface area (Å²) >= 11 is 6.28. The van der Waals surface area contributed by atoms with Crippen molar-refractivity contribution in [3.63, 3.8) is 0 Å². The van der Waals surface area contributed by atoms with E-state index < -0.39 is 0 Å². The summed E-state index contributed by atoms with van der Waals surface area (Å²) < 4.78 is 5.16. The normalized spacial score (nSPS) is 12.9. The monoisotopic (exact) mass is 409 g/mol. The Morgan fingerprint density at radius 1 is 1.10 bits per heavy atom. The van der Waals surface area contributed by atoms with Crippen LogP contribution in [0.1, 0.15) is 23.2 Å². The minimum absolute atomic E-state index is 0.114. The molecule has 1 aliphatic rings. The maximum Gasteiger partial charge on any atom is 0.253 e. The van der Waals surface area contributed by atoms with E-state index in [1.807, 2.05) is 42.5 Å². The summed E-state index contributed by atoms with van der Waals surface area (Å²) in [6, 6.07) is 14.9. The van der Waals surface area contributed by atoms with Crippen LogP contribution in [0.25, 0.3) is 0 Å². The summed E-state index contributed by atoms with van der Waals surface area (Å²) in [7, 11) is 1.62. The van der Waals surface area contributed by atoms with E-state index >= 15 is 0 Å². The third-order valence-corrected chi connectivity index (χ3v) is 4.70. The smallest absolute Gasteiger partial charge is 0.253 e. The van der Waals surface area contributed by atoms with Crippen molar-refractivity contribution >= 4 is 40.6 Å². The predicted octanol–water partition coefficient (Wildman–Crippen LogP) is 4.52. The van der Waals surface area contributed by atoms with Crippen LogP contribution < -0.4 is 20.7 Å². The number of aromatic nitrogens is 2. The van der Waals surface area contributed by atoms with Gasteiger partial charge in [0.25, 0.3) is 5.91 Å². The number of carbonyl (C=O) groups excluding carboxylic acids is 1. The maximum atomic E-state index is 12.5. The van der Waals surface area contributed by atoms with Crippen molar-refractivity contribution in [1.29, 1.82) is 0 Å². The Balaban J connectivity index is 1.54. The highest BCUT2D eigenvalue weighted by atomic mass is 35.5. The molecule has 1 aliphatic carbocycles. The molecule has 8 heteroatoms. The first kappa shape index (κ1) is 19.0. The Kier molecular flexibility index (Phi) is 5.48.